The summed E-state index contributed by atoms with van der Waals surface area (Å²) in [5.41, 5.74) is 0.281. The van der Waals surface area contributed by atoms with Crippen LogP contribution in [0.3, 0.4) is 0 Å². The van der Waals surface area contributed by atoms with E-state index >= 15 is 0 Å². The number of unbranched alkanes of at least 4 members (excludes halogenated alkanes) is 1. The monoisotopic (exact) mass is 422 g/mol. The molecule has 2 N–H and O–H groups in total. The molecule has 0 aromatic carbocycles. The Morgan fingerprint density at radius 1 is 1.31 bits per heavy atom. The van der Waals surface area contributed by atoms with Gasteiger partial charge < -0.3 is 10.6 Å². The van der Waals surface area contributed by atoms with Crippen LogP contribution < -0.4 is 15.3 Å². The molecule has 0 saturated heterocycles. The largest absolute Gasteiger partial charge is 0.341 e. The smallest absolute Gasteiger partial charge is 0.314 e. The molecule has 0 bridgehead atoms. The van der Waals surface area contributed by atoms with E-state index in [9.17, 15) is 9.59 Å². The predicted octanol–water partition coefficient (Wildman–Crippen LogP) is 4.20. The third-order valence-electron chi connectivity index (χ3n) is 6.55. The third-order valence-corrected chi connectivity index (χ3v) is 7.92. The minimum absolute atomic E-state index is 0.0366. The zero-order valence-electron chi connectivity index (χ0n) is 19.3. The molecule has 164 valence electrons. The molecule has 1 heterocycles. The lowest BCUT2D eigenvalue weighted by molar-refractivity contribution is -0.125. The Morgan fingerprint density at radius 3 is 2.52 bits per heavy atom. The summed E-state index contributed by atoms with van der Waals surface area (Å²) in [5, 5.41) is 5.68. The van der Waals surface area contributed by atoms with Gasteiger partial charge in [0, 0.05) is 35.8 Å². The molecule has 1 fully saturated rings. The molecule has 1 aliphatic rings. The van der Waals surface area contributed by atoms with E-state index in [-0.39, 0.29) is 28.8 Å². The summed E-state index contributed by atoms with van der Waals surface area (Å²) in [7, 11) is 1.61. The Kier molecular flexibility index (Phi) is 7.03. The number of hydrogen-bond acceptors (Lipinski definition) is 3. The summed E-state index contributed by atoms with van der Waals surface area (Å²) < 4.78 is 3.03. The topological polar surface area (TPSA) is 75.5 Å². The number of carbonyl (C=O) groups excluding carboxylic acids is 2. The summed E-state index contributed by atoms with van der Waals surface area (Å²) >= 11 is 1.57. The lowest BCUT2D eigenvalue weighted by Crippen LogP contribution is -2.57. The van der Waals surface area contributed by atoms with E-state index < -0.39 is 5.54 Å². The van der Waals surface area contributed by atoms with Crippen molar-refractivity contribution in [2.24, 2.45) is 16.3 Å². The van der Waals surface area contributed by atoms with Gasteiger partial charge in [-0.1, -0.05) is 27.2 Å². The van der Waals surface area contributed by atoms with Gasteiger partial charge in [0.1, 0.15) is 4.67 Å². The molecule has 0 spiro atoms. The van der Waals surface area contributed by atoms with Gasteiger partial charge in [-0.05, 0) is 70.3 Å². The second-order valence-electron chi connectivity index (χ2n) is 9.95. The van der Waals surface area contributed by atoms with Gasteiger partial charge in [0.05, 0.1) is 0 Å². The molecule has 1 aromatic heterocycles. The zero-order chi connectivity index (χ0) is 22.0. The average molecular weight is 423 g/mol. The summed E-state index contributed by atoms with van der Waals surface area (Å²) in [4.78, 5) is 29.8. The maximum absolute atomic E-state index is 13.3. The SMILES string of the molecule is CCCCc1cn(C(C)(C)C)sc1=NC(=O)[C@@H]1CC[C@](C)(NC(=O)NC)C1(C)C. The van der Waals surface area contributed by atoms with E-state index in [2.05, 4.69) is 67.3 Å². The maximum Gasteiger partial charge on any atom is 0.314 e. The van der Waals surface area contributed by atoms with E-state index in [1.54, 1.807) is 18.6 Å². The first-order chi connectivity index (χ1) is 13.4. The number of urea groups is 1. The van der Waals surface area contributed by atoms with Crippen LogP contribution in [0.1, 0.15) is 79.7 Å². The zero-order valence-corrected chi connectivity index (χ0v) is 20.1. The lowest BCUT2D eigenvalue weighted by atomic mass is 9.71. The number of nitrogens with zero attached hydrogens (tertiary/aromatic N) is 2. The molecule has 1 aliphatic carbocycles. The van der Waals surface area contributed by atoms with Gasteiger partial charge in [-0.15, -0.1) is 0 Å². The number of nitrogens with one attached hydrogen (secondary N) is 2. The number of rotatable bonds is 5. The number of amides is 3. The minimum atomic E-state index is -0.450. The fourth-order valence-electron chi connectivity index (χ4n) is 3.98. The number of aryl methyl sites for hydroxylation is 1. The number of aromatic nitrogens is 1. The standard InChI is InChI=1S/C22H38N4O2S/c1-9-10-11-15-14-26(20(2,3)4)29-18(15)24-17(27)16-12-13-22(7,21(16,5)6)25-19(28)23-8/h14,16H,9-13H2,1-8H3,(H2,23,25,28)/t16-,22-/m0/s1. The van der Waals surface area contributed by atoms with Crippen LogP contribution in [0.2, 0.25) is 0 Å². The Balaban J connectivity index is 2.36. The normalized spacial score (nSPS) is 24.6. The molecular weight excluding hydrogens is 384 g/mol. The van der Waals surface area contributed by atoms with Crippen LogP contribution in [0, 0.1) is 11.3 Å². The van der Waals surface area contributed by atoms with Crippen LogP contribution in [0.5, 0.6) is 0 Å². The van der Waals surface area contributed by atoms with Crippen LogP contribution in [-0.4, -0.2) is 28.5 Å². The first-order valence-electron chi connectivity index (χ1n) is 10.7. The van der Waals surface area contributed by atoms with Crippen molar-refractivity contribution in [3.63, 3.8) is 0 Å². The summed E-state index contributed by atoms with van der Waals surface area (Å²) in [5.74, 6) is -0.285. The van der Waals surface area contributed by atoms with Gasteiger partial charge in [-0.25, -0.2) is 9.79 Å². The third kappa shape index (κ3) is 4.93. The van der Waals surface area contributed by atoms with E-state index in [1.165, 1.54) is 0 Å². The molecule has 2 rings (SSSR count). The van der Waals surface area contributed by atoms with E-state index in [1.807, 2.05) is 6.92 Å². The lowest BCUT2D eigenvalue weighted by Gasteiger charge is -2.41. The summed E-state index contributed by atoms with van der Waals surface area (Å²) in [6, 6.07) is -0.211. The Hall–Kier alpha value is -1.63. The molecule has 2 atom stereocenters. The molecule has 3 amide bonds. The highest BCUT2D eigenvalue weighted by Gasteiger charge is 2.54. The molecule has 29 heavy (non-hydrogen) atoms. The summed E-state index contributed by atoms with van der Waals surface area (Å²) in [6.45, 7) is 14.8. The van der Waals surface area contributed by atoms with Crippen LogP contribution in [0.15, 0.2) is 11.2 Å². The van der Waals surface area contributed by atoms with Gasteiger partial charge in [0.2, 0.25) is 0 Å². The predicted molar refractivity (Wildman–Crippen MR) is 119 cm³/mol. The van der Waals surface area contributed by atoms with Crippen molar-refractivity contribution >= 4 is 23.5 Å². The first-order valence-corrected chi connectivity index (χ1v) is 11.4. The second-order valence-corrected chi connectivity index (χ2v) is 10.9. The molecule has 6 nitrogen and oxygen atoms in total. The van der Waals surface area contributed by atoms with E-state index in [4.69, 9.17) is 0 Å². The van der Waals surface area contributed by atoms with Gasteiger partial charge in [-0.3, -0.25) is 8.75 Å². The van der Waals surface area contributed by atoms with Crippen LogP contribution in [-0.2, 0) is 16.8 Å². The molecule has 0 aliphatic heterocycles. The van der Waals surface area contributed by atoms with E-state index in [0.29, 0.717) is 0 Å². The highest BCUT2D eigenvalue weighted by molar-refractivity contribution is 7.04. The van der Waals surface area contributed by atoms with Crippen LogP contribution >= 0.6 is 11.5 Å². The van der Waals surface area contributed by atoms with Gasteiger partial charge >= 0.3 is 6.03 Å². The first kappa shape index (κ1) is 23.6. The Morgan fingerprint density at radius 2 is 1.97 bits per heavy atom. The molecule has 0 unspecified atom stereocenters. The highest BCUT2D eigenvalue weighted by atomic mass is 32.1. The number of hydrogen-bond donors (Lipinski definition) is 2. The van der Waals surface area contributed by atoms with Crippen molar-refractivity contribution in [2.75, 3.05) is 7.05 Å². The molecule has 0 radical (unpaired) electrons. The molecule has 1 saturated carbocycles. The van der Waals surface area contributed by atoms with Gasteiger partial charge in [0.25, 0.3) is 5.91 Å². The van der Waals surface area contributed by atoms with E-state index in [0.717, 1.165) is 42.3 Å². The van der Waals surface area contributed by atoms with Crippen molar-refractivity contribution < 1.29 is 9.59 Å². The maximum atomic E-state index is 13.3. The van der Waals surface area contributed by atoms with Crippen LogP contribution in [0.25, 0.3) is 0 Å². The Bertz CT molecular complexity index is 816. The number of carbonyl (C=O) groups is 2. The quantitative estimate of drug-likeness (QED) is 0.746. The van der Waals surface area contributed by atoms with Crippen molar-refractivity contribution in [2.45, 2.75) is 91.6 Å². The molecular formula is C22H38N4O2S. The molecule has 1 aromatic rings. The molecule has 7 heteroatoms. The van der Waals surface area contributed by atoms with Gasteiger partial charge in [0.15, 0.2) is 0 Å². The van der Waals surface area contributed by atoms with Crippen molar-refractivity contribution in [3.05, 3.63) is 16.4 Å². The summed E-state index contributed by atoms with van der Waals surface area (Å²) in [6.07, 6.45) is 6.77. The van der Waals surface area contributed by atoms with Gasteiger partial charge in [-0.2, -0.15) is 0 Å². The fourth-order valence-corrected chi connectivity index (χ4v) is 5.03. The Labute approximate surface area is 179 Å². The fraction of sp³-hybridized carbons (Fsp3) is 0.773. The van der Waals surface area contributed by atoms with Crippen molar-refractivity contribution in [3.8, 4) is 0 Å². The average Bonchev–Trinajstić information content (AvgIpc) is 3.11. The second kappa shape index (κ2) is 8.62. The van der Waals surface area contributed by atoms with Crippen molar-refractivity contribution in [1.82, 2.24) is 14.6 Å². The minimum Gasteiger partial charge on any atom is -0.341 e. The van der Waals surface area contributed by atoms with Crippen LogP contribution in [0.4, 0.5) is 4.79 Å². The van der Waals surface area contributed by atoms with Crippen molar-refractivity contribution in [1.29, 1.82) is 0 Å². The highest BCUT2D eigenvalue weighted by Crippen LogP contribution is 2.50.